The zero-order chi connectivity index (χ0) is 50.8. The number of rotatable bonds is 30. The number of aromatic nitrogens is 1. The molecular formula is C57H82N4O10S. The number of ether oxygens (including phenoxy) is 4. The number of oxime groups is 1. The Labute approximate surface area is 429 Å². The summed E-state index contributed by atoms with van der Waals surface area (Å²) in [6.07, 6.45) is 23.8. The van der Waals surface area contributed by atoms with E-state index in [0.29, 0.717) is 66.9 Å². The number of carbonyl (C=O) groups is 1. The van der Waals surface area contributed by atoms with Crippen LogP contribution in [0.25, 0.3) is 10.9 Å². The Morgan fingerprint density at radius 2 is 1.68 bits per heavy atom. The zero-order valence-corrected chi connectivity index (χ0v) is 43.8. The molecule has 3 N–H and O–H groups in total. The van der Waals surface area contributed by atoms with Gasteiger partial charge in [-0.05, 0) is 99.1 Å². The van der Waals surface area contributed by atoms with Crippen molar-refractivity contribution in [2.45, 2.75) is 178 Å². The normalized spacial score (nSPS) is 24.3. The molecule has 7 rings (SSSR count). The molecule has 2 fully saturated rings. The molecular weight excluding hydrogens is 933 g/mol. The van der Waals surface area contributed by atoms with Gasteiger partial charge >= 0.3 is 6.09 Å². The van der Waals surface area contributed by atoms with Gasteiger partial charge in [0.25, 0.3) is 0 Å². The van der Waals surface area contributed by atoms with Crippen molar-refractivity contribution in [1.29, 1.82) is 0 Å². The van der Waals surface area contributed by atoms with E-state index in [2.05, 4.69) is 29.9 Å². The number of aliphatic hydroxyl groups is 2. The smallest absolute Gasteiger partial charge is 0.412 e. The number of pyridine rings is 1. The Kier molecular flexibility index (Phi) is 21.4. The molecule has 15 heteroatoms. The number of fused-ring (bicyclic) bond motifs is 3. The lowest BCUT2D eigenvalue weighted by molar-refractivity contribution is -0.251. The maximum absolute atomic E-state index is 15.7. The minimum Gasteiger partial charge on any atom is -0.460 e. The second-order valence-electron chi connectivity index (χ2n) is 20.1. The number of aliphatic hydroxyl groups excluding tert-OH is 2. The fraction of sp³-hybridized carbons (Fsp3) is 0.632. The van der Waals surface area contributed by atoms with Crippen molar-refractivity contribution >= 4 is 32.7 Å². The number of hydrogen-bond acceptors (Lipinski definition) is 12. The lowest BCUT2D eigenvalue weighted by Gasteiger charge is -2.59. The molecule has 2 aliphatic carbocycles. The van der Waals surface area contributed by atoms with Crippen molar-refractivity contribution < 1.29 is 47.2 Å². The molecule has 1 amide bonds. The molecule has 0 radical (unpaired) electrons. The molecule has 0 spiro atoms. The summed E-state index contributed by atoms with van der Waals surface area (Å²) in [5.41, 5.74) is 2.60. The van der Waals surface area contributed by atoms with E-state index in [4.69, 9.17) is 28.9 Å². The van der Waals surface area contributed by atoms with E-state index in [1.165, 1.54) is 49.3 Å². The van der Waals surface area contributed by atoms with Gasteiger partial charge in [-0.25, -0.2) is 13.2 Å². The third-order valence-electron chi connectivity index (χ3n) is 15.0. The van der Waals surface area contributed by atoms with Gasteiger partial charge in [-0.15, -0.1) is 6.58 Å². The molecule has 7 unspecified atom stereocenters. The summed E-state index contributed by atoms with van der Waals surface area (Å²) in [5, 5.41) is 28.7. The van der Waals surface area contributed by atoms with Gasteiger partial charge in [-0.1, -0.05) is 120 Å². The van der Waals surface area contributed by atoms with Crippen LogP contribution in [0.2, 0.25) is 0 Å². The Bertz CT molecular complexity index is 2370. The molecule has 396 valence electrons. The van der Waals surface area contributed by atoms with Crippen molar-refractivity contribution in [2.24, 2.45) is 22.9 Å². The van der Waals surface area contributed by atoms with Crippen molar-refractivity contribution in [1.82, 2.24) is 14.6 Å². The summed E-state index contributed by atoms with van der Waals surface area (Å²) < 4.78 is 59.4. The highest BCUT2D eigenvalue weighted by molar-refractivity contribution is 7.89. The second-order valence-corrected chi connectivity index (χ2v) is 22.0. The number of unbranched alkanes of at least 4 members (excludes halogenated alkanes) is 11. The Morgan fingerprint density at radius 1 is 0.931 bits per heavy atom. The molecule has 0 bridgehead atoms. The third-order valence-corrected chi connectivity index (χ3v) is 17.0. The average Bonchev–Trinajstić information content (AvgIpc) is 3.39. The van der Waals surface area contributed by atoms with Crippen LogP contribution in [0.15, 0.2) is 89.1 Å². The number of nitrogens with one attached hydrogen (secondary N) is 1. The van der Waals surface area contributed by atoms with Crippen LogP contribution in [0.3, 0.4) is 0 Å². The highest BCUT2D eigenvalue weighted by Gasteiger charge is 2.66. The summed E-state index contributed by atoms with van der Waals surface area (Å²) >= 11 is 0. The minimum absolute atomic E-state index is 0.0200. The van der Waals surface area contributed by atoms with E-state index < -0.39 is 40.2 Å². The number of carbonyl (C=O) groups excluding carboxylic acids is 1. The number of para-hydroxylation sites is 1. The molecule has 3 aromatic rings. The van der Waals surface area contributed by atoms with E-state index >= 15 is 8.42 Å². The van der Waals surface area contributed by atoms with Crippen molar-refractivity contribution in [2.75, 3.05) is 39.5 Å². The van der Waals surface area contributed by atoms with E-state index in [1.807, 2.05) is 31.2 Å². The maximum atomic E-state index is 15.7. The fourth-order valence-electron chi connectivity index (χ4n) is 11.6. The fourth-order valence-corrected chi connectivity index (χ4v) is 13.5. The number of nitrogens with zero attached hydrogens (tertiary/aromatic N) is 3. The van der Waals surface area contributed by atoms with Crippen LogP contribution in [0.4, 0.5) is 4.79 Å². The first-order valence-electron chi connectivity index (χ1n) is 27.4. The highest BCUT2D eigenvalue weighted by Crippen LogP contribution is 2.62. The monoisotopic (exact) mass is 1010 g/mol. The Hall–Kier alpha value is -4.38. The SMILES string of the molecule is C=CCOC12Oc3ccc(OC(=O)NCCCCCCCCCCCC)cc3C3C(CCCCO)C(CCCCO)C=C(C(=NOC4CCCCO4)CC1N(CCC)S(=O)(=O)c1cccc4cccnc14)C32. The van der Waals surface area contributed by atoms with Gasteiger partial charge in [0.2, 0.25) is 22.1 Å². The zero-order valence-electron chi connectivity index (χ0n) is 43.0. The second kappa shape index (κ2) is 27.8. The minimum atomic E-state index is -4.33. The molecule has 7 atom stereocenters. The first kappa shape index (κ1) is 55.4. The van der Waals surface area contributed by atoms with Crippen LogP contribution in [0.1, 0.15) is 160 Å². The predicted molar refractivity (Wildman–Crippen MR) is 281 cm³/mol. The molecule has 1 aromatic heterocycles. The van der Waals surface area contributed by atoms with Crippen molar-refractivity contribution in [3.05, 3.63) is 84.6 Å². The average molecular weight is 1020 g/mol. The Morgan fingerprint density at radius 3 is 2.40 bits per heavy atom. The molecule has 3 heterocycles. The van der Waals surface area contributed by atoms with Gasteiger partial charge in [0.15, 0.2) is 0 Å². The van der Waals surface area contributed by atoms with Gasteiger partial charge in [0.05, 0.1) is 36.4 Å². The van der Waals surface area contributed by atoms with E-state index in [9.17, 15) is 15.0 Å². The van der Waals surface area contributed by atoms with E-state index in [1.54, 1.807) is 36.5 Å². The first-order chi connectivity index (χ1) is 35.2. The van der Waals surface area contributed by atoms with Crippen molar-refractivity contribution in [3.63, 3.8) is 0 Å². The number of sulfonamides is 1. The van der Waals surface area contributed by atoms with Crippen LogP contribution in [0.5, 0.6) is 11.5 Å². The molecule has 72 heavy (non-hydrogen) atoms. The number of benzene rings is 2. The van der Waals surface area contributed by atoms with Gasteiger partial charge in [0.1, 0.15) is 16.4 Å². The maximum Gasteiger partial charge on any atom is 0.412 e. The lowest BCUT2D eigenvalue weighted by atomic mass is 9.55. The summed E-state index contributed by atoms with van der Waals surface area (Å²) in [6, 6.07) is 13.3. The molecule has 1 saturated heterocycles. The van der Waals surface area contributed by atoms with Crippen LogP contribution in [0, 0.1) is 17.8 Å². The Balaban J connectivity index is 1.31. The number of amides is 1. The van der Waals surface area contributed by atoms with Gasteiger partial charge in [0, 0.05) is 62.2 Å². The van der Waals surface area contributed by atoms with E-state index in [-0.39, 0.29) is 55.4 Å². The predicted octanol–water partition coefficient (Wildman–Crippen LogP) is 11.5. The molecule has 14 nitrogen and oxygen atoms in total. The summed E-state index contributed by atoms with van der Waals surface area (Å²) in [4.78, 5) is 24.4. The largest absolute Gasteiger partial charge is 0.460 e. The van der Waals surface area contributed by atoms with Crippen LogP contribution in [-0.2, 0) is 24.3 Å². The number of allylic oxidation sites excluding steroid dienone is 1. The molecule has 4 aliphatic rings. The molecule has 2 aliphatic heterocycles. The van der Waals surface area contributed by atoms with E-state index in [0.717, 1.165) is 68.9 Å². The molecule has 1 saturated carbocycles. The molecule has 2 aromatic carbocycles. The third kappa shape index (κ3) is 13.5. The van der Waals surface area contributed by atoms with Crippen LogP contribution < -0.4 is 14.8 Å². The first-order valence-corrected chi connectivity index (χ1v) is 28.8. The summed E-state index contributed by atoms with van der Waals surface area (Å²) in [7, 11) is -4.33. The highest BCUT2D eigenvalue weighted by atomic mass is 32.2. The van der Waals surface area contributed by atoms with Gasteiger partial charge in [-0.2, -0.15) is 4.31 Å². The van der Waals surface area contributed by atoms with Crippen molar-refractivity contribution in [3.8, 4) is 11.5 Å². The summed E-state index contributed by atoms with van der Waals surface area (Å²) in [5.74, 6) is -1.88. The van der Waals surface area contributed by atoms with Gasteiger partial charge < -0.3 is 39.3 Å². The van der Waals surface area contributed by atoms with Crippen LogP contribution in [-0.4, -0.2) is 97.4 Å². The van der Waals surface area contributed by atoms with Gasteiger partial charge in [-0.3, -0.25) is 4.98 Å². The quantitative estimate of drug-likeness (QED) is 0.0329. The number of hydrogen-bond donors (Lipinski definition) is 3. The standard InChI is InChI=1S/C57H82N4O10S/c1-4-7-8-9-10-11-12-13-14-18-32-59-56(64)69-44-30-31-49-47(40-44)53-45(27-16-20-36-63)43(24-15-19-35-62)39-46-48(60-71-52-29-17-21-38-67-52)41-51(57(70-49,54(46)53)68-37-6-3)61(34-5-2)72(65,66)50-28-22-25-42-26-23-33-58-55(42)50/h6,22-23,25-26,28,30-31,33,39-40,43,45,51-54,62-63H,3-5,7-21,24,27,29,32,34-38,41H2,1-2H3,(H,59,64). The summed E-state index contributed by atoms with van der Waals surface area (Å²) in [6.45, 7) is 9.60. The lowest BCUT2D eigenvalue weighted by Crippen LogP contribution is -2.70. The van der Waals surface area contributed by atoms with Crippen LogP contribution >= 0.6 is 0 Å². The topological polar surface area (TPSA) is 178 Å².